The zero-order valence-electron chi connectivity index (χ0n) is 11.5. The number of hydrogen-bond acceptors (Lipinski definition) is 4. The fraction of sp³-hybridized carbons (Fsp3) is 0.133. The van der Waals surface area contributed by atoms with Gasteiger partial charge in [-0.25, -0.2) is 0 Å². The number of phenolic OH excluding ortho intramolecular Hbond substituents is 1. The van der Waals surface area contributed by atoms with Crippen molar-refractivity contribution in [2.75, 3.05) is 19.5 Å². The molecule has 0 bridgehead atoms. The molecule has 2 aromatic carbocycles. The molecule has 0 aliphatic rings. The predicted molar refractivity (Wildman–Crippen MR) is 80.6 cm³/mol. The molecule has 0 atom stereocenters. The van der Waals surface area contributed by atoms with Gasteiger partial charge in [0.25, 0.3) is 5.91 Å². The van der Waals surface area contributed by atoms with Gasteiger partial charge in [-0.2, -0.15) is 0 Å². The predicted octanol–water partition coefficient (Wildman–Crippen LogP) is 3.32. The Kier molecular flexibility index (Phi) is 4.55. The molecular weight excluding hydrogens is 294 g/mol. The van der Waals surface area contributed by atoms with Gasteiger partial charge in [0.15, 0.2) is 0 Å². The van der Waals surface area contributed by atoms with E-state index in [0.717, 1.165) is 0 Å². The molecule has 110 valence electrons. The zero-order chi connectivity index (χ0) is 15.4. The van der Waals surface area contributed by atoms with Crippen molar-refractivity contribution < 1.29 is 19.4 Å². The molecule has 2 N–H and O–H groups in total. The number of nitrogens with one attached hydrogen (secondary N) is 1. The first-order valence-corrected chi connectivity index (χ1v) is 6.45. The van der Waals surface area contributed by atoms with Gasteiger partial charge in [0.05, 0.1) is 19.9 Å². The van der Waals surface area contributed by atoms with Gasteiger partial charge < -0.3 is 19.9 Å². The van der Waals surface area contributed by atoms with Gasteiger partial charge in [0, 0.05) is 5.02 Å². The van der Waals surface area contributed by atoms with Gasteiger partial charge in [0.2, 0.25) is 0 Å². The van der Waals surface area contributed by atoms with Crippen LogP contribution >= 0.6 is 11.6 Å². The lowest BCUT2D eigenvalue weighted by Gasteiger charge is -2.13. The smallest absolute Gasteiger partial charge is 0.263 e. The lowest BCUT2D eigenvalue weighted by atomic mass is 10.1. The van der Waals surface area contributed by atoms with Gasteiger partial charge in [-0.3, -0.25) is 4.79 Å². The van der Waals surface area contributed by atoms with Gasteiger partial charge in [-0.05, 0) is 30.3 Å². The second-order valence-corrected chi connectivity index (χ2v) is 4.59. The molecule has 0 saturated carbocycles. The Morgan fingerprint density at radius 3 is 2.52 bits per heavy atom. The Morgan fingerprint density at radius 2 is 1.86 bits per heavy atom. The number of rotatable bonds is 4. The molecule has 0 fully saturated rings. The highest BCUT2D eigenvalue weighted by Crippen LogP contribution is 2.31. The third-order valence-corrected chi connectivity index (χ3v) is 3.10. The maximum Gasteiger partial charge on any atom is 0.263 e. The van der Waals surface area contributed by atoms with Crippen molar-refractivity contribution in [1.82, 2.24) is 0 Å². The number of phenols is 1. The van der Waals surface area contributed by atoms with Crippen molar-refractivity contribution in [2.24, 2.45) is 0 Å². The molecule has 5 nitrogen and oxygen atoms in total. The van der Waals surface area contributed by atoms with E-state index in [4.69, 9.17) is 21.1 Å². The molecule has 2 rings (SSSR count). The van der Waals surface area contributed by atoms with E-state index in [-0.39, 0.29) is 17.1 Å². The van der Waals surface area contributed by atoms with Crippen molar-refractivity contribution in [3.05, 3.63) is 47.0 Å². The highest BCUT2D eigenvalue weighted by Gasteiger charge is 2.18. The molecule has 0 unspecified atom stereocenters. The first-order valence-electron chi connectivity index (χ1n) is 6.07. The SMILES string of the molecule is COc1ccc(Cl)cc1NC(=O)c1c(O)cccc1OC. The summed E-state index contributed by atoms with van der Waals surface area (Å²) < 4.78 is 10.2. The van der Waals surface area contributed by atoms with E-state index in [9.17, 15) is 9.90 Å². The van der Waals surface area contributed by atoms with Crippen LogP contribution in [-0.4, -0.2) is 25.2 Å². The van der Waals surface area contributed by atoms with E-state index in [1.54, 1.807) is 30.3 Å². The van der Waals surface area contributed by atoms with Crippen LogP contribution < -0.4 is 14.8 Å². The van der Waals surface area contributed by atoms with Crippen LogP contribution in [0.25, 0.3) is 0 Å². The Hall–Kier alpha value is -2.40. The molecule has 1 amide bonds. The largest absolute Gasteiger partial charge is 0.507 e. The minimum atomic E-state index is -0.523. The Balaban J connectivity index is 2.37. The fourth-order valence-electron chi connectivity index (χ4n) is 1.88. The van der Waals surface area contributed by atoms with Crippen LogP contribution in [0.1, 0.15) is 10.4 Å². The summed E-state index contributed by atoms with van der Waals surface area (Å²) in [6, 6.07) is 9.43. The monoisotopic (exact) mass is 307 g/mol. The third kappa shape index (κ3) is 3.20. The first-order chi connectivity index (χ1) is 10.1. The van der Waals surface area contributed by atoms with Crippen molar-refractivity contribution in [1.29, 1.82) is 0 Å². The van der Waals surface area contributed by atoms with E-state index in [1.165, 1.54) is 20.3 Å². The Labute approximate surface area is 127 Å². The number of methoxy groups -OCH3 is 2. The highest BCUT2D eigenvalue weighted by molar-refractivity contribution is 6.31. The van der Waals surface area contributed by atoms with Crippen molar-refractivity contribution in [3.63, 3.8) is 0 Å². The highest BCUT2D eigenvalue weighted by atomic mass is 35.5. The van der Waals surface area contributed by atoms with Crippen LogP contribution in [-0.2, 0) is 0 Å². The van der Waals surface area contributed by atoms with Crippen LogP contribution in [0.2, 0.25) is 5.02 Å². The van der Waals surface area contributed by atoms with Crippen molar-refractivity contribution in [2.45, 2.75) is 0 Å². The number of hydrogen-bond donors (Lipinski definition) is 2. The molecule has 0 spiro atoms. The normalized spacial score (nSPS) is 10.0. The lowest BCUT2D eigenvalue weighted by Crippen LogP contribution is -2.14. The van der Waals surface area contributed by atoms with Gasteiger partial charge in [-0.1, -0.05) is 17.7 Å². The van der Waals surface area contributed by atoms with E-state index >= 15 is 0 Å². The van der Waals surface area contributed by atoms with E-state index < -0.39 is 5.91 Å². The molecule has 0 radical (unpaired) electrons. The molecule has 2 aromatic rings. The summed E-state index contributed by atoms with van der Waals surface area (Å²) in [5, 5.41) is 13.0. The summed E-state index contributed by atoms with van der Waals surface area (Å²) in [6.07, 6.45) is 0. The van der Waals surface area contributed by atoms with E-state index in [0.29, 0.717) is 16.5 Å². The van der Waals surface area contributed by atoms with Crippen LogP contribution in [0.15, 0.2) is 36.4 Å². The molecule has 0 aliphatic heterocycles. The van der Waals surface area contributed by atoms with Gasteiger partial charge in [-0.15, -0.1) is 0 Å². The van der Waals surface area contributed by atoms with Crippen LogP contribution in [0.3, 0.4) is 0 Å². The molecule has 6 heteroatoms. The molecule has 0 saturated heterocycles. The lowest BCUT2D eigenvalue weighted by molar-refractivity contribution is 0.102. The van der Waals surface area contributed by atoms with Crippen LogP contribution in [0.4, 0.5) is 5.69 Å². The van der Waals surface area contributed by atoms with Crippen LogP contribution in [0, 0.1) is 0 Å². The summed E-state index contributed by atoms with van der Waals surface area (Å²) >= 11 is 5.91. The van der Waals surface area contributed by atoms with E-state index in [1.807, 2.05) is 0 Å². The molecule has 0 heterocycles. The summed E-state index contributed by atoms with van der Waals surface area (Å²) in [5.41, 5.74) is 0.447. The minimum absolute atomic E-state index is 0.0435. The summed E-state index contributed by atoms with van der Waals surface area (Å²) in [6.45, 7) is 0. The second-order valence-electron chi connectivity index (χ2n) is 4.15. The summed E-state index contributed by atoms with van der Waals surface area (Å²) in [4.78, 5) is 12.3. The number of halogens is 1. The average Bonchev–Trinajstić information content (AvgIpc) is 2.47. The minimum Gasteiger partial charge on any atom is -0.507 e. The topological polar surface area (TPSA) is 67.8 Å². The number of aromatic hydroxyl groups is 1. The number of anilines is 1. The molecule has 21 heavy (non-hydrogen) atoms. The maximum atomic E-state index is 12.3. The summed E-state index contributed by atoms with van der Waals surface area (Å²) in [7, 11) is 2.91. The number of carbonyl (C=O) groups is 1. The number of benzene rings is 2. The molecule has 0 aromatic heterocycles. The number of carbonyl (C=O) groups excluding carboxylic acids is 1. The van der Waals surface area contributed by atoms with E-state index in [2.05, 4.69) is 5.32 Å². The molecular formula is C15H14ClNO4. The van der Waals surface area contributed by atoms with Crippen molar-refractivity contribution in [3.8, 4) is 17.2 Å². The van der Waals surface area contributed by atoms with Crippen molar-refractivity contribution >= 4 is 23.2 Å². The zero-order valence-corrected chi connectivity index (χ0v) is 12.3. The standard InChI is InChI=1S/C15H14ClNO4/c1-20-12-7-6-9(16)8-10(12)17-15(19)14-11(18)4-3-5-13(14)21-2/h3-8,18H,1-2H3,(H,17,19). The van der Waals surface area contributed by atoms with Crippen LogP contribution in [0.5, 0.6) is 17.2 Å². The Morgan fingerprint density at radius 1 is 1.14 bits per heavy atom. The fourth-order valence-corrected chi connectivity index (χ4v) is 2.05. The van der Waals surface area contributed by atoms with Gasteiger partial charge >= 0.3 is 0 Å². The van der Waals surface area contributed by atoms with Gasteiger partial charge in [0.1, 0.15) is 22.8 Å². The first kappa shape index (κ1) is 15.0. The number of amides is 1. The Bertz CT molecular complexity index is 673. The summed E-state index contributed by atoms with van der Waals surface area (Å²) in [5.74, 6) is 0.0361. The average molecular weight is 308 g/mol. The second kappa shape index (κ2) is 6.37. The maximum absolute atomic E-state index is 12.3. The molecule has 0 aliphatic carbocycles. The quantitative estimate of drug-likeness (QED) is 0.909. The number of ether oxygens (including phenoxy) is 2. The third-order valence-electron chi connectivity index (χ3n) is 2.86.